The molecule has 0 radical (unpaired) electrons. The van der Waals surface area contributed by atoms with Crippen LogP contribution in [0, 0.1) is 0 Å². The molecule has 6 N–H and O–H groups in total. The Hall–Kier alpha value is -2.09. The molecular formula is C12H14ClN5O2. The highest BCUT2D eigenvalue weighted by Gasteiger charge is 2.15. The third kappa shape index (κ3) is 2.60. The molecular weight excluding hydrogens is 282 g/mol. The fourth-order valence-corrected chi connectivity index (χ4v) is 2.13. The molecule has 0 fully saturated rings. The van der Waals surface area contributed by atoms with E-state index < -0.39 is 0 Å². The van der Waals surface area contributed by atoms with Crippen LogP contribution < -0.4 is 16.7 Å². The summed E-state index contributed by atoms with van der Waals surface area (Å²) in [7, 11) is 0. The Balaban J connectivity index is 2.65. The van der Waals surface area contributed by atoms with Gasteiger partial charge in [0, 0.05) is 5.56 Å². The predicted octanol–water partition coefficient (Wildman–Crippen LogP) is 2.11. The van der Waals surface area contributed by atoms with E-state index in [0.717, 1.165) is 0 Å². The molecule has 0 aliphatic carbocycles. The van der Waals surface area contributed by atoms with Gasteiger partial charge in [-0.15, -0.1) is 5.23 Å². The maximum absolute atomic E-state index is 9.14. The molecule has 7 nitrogen and oxygen atoms in total. The monoisotopic (exact) mass is 295 g/mol. The van der Waals surface area contributed by atoms with E-state index >= 15 is 0 Å². The molecule has 0 unspecified atom stereocenters. The third-order valence-corrected chi connectivity index (χ3v) is 3.13. The van der Waals surface area contributed by atoms with Gasteiger partial charge in [-0.1, -0.05) is 24.6 Å². The first-order valence-electron chi connectivity index (χ1n) is 5.83. The van der Waals surface area contributed by atoms with Gasteiger partial charge in [0.1, 0.15) is 11.5 Å². The Bertz CT molecular complexity index is 648. The largest absolute Gasteiger partial charge is 0.383 e. The second-order valence-corrected chi connectivity index (χ2v) is 4.51. The van der Waals surface area contributed by atoms with Gasteiger partial charge in [-0.05, 0) is 24.1 Å². The highest BCUT2D eigenvalue weighted by Crippen LogP contribution is 2.34. The van der Waals surface area contributed by atoms with Crippen LogP contribution in [0.15, 0.2) is 18.2 Å². The first-order chi connectivity index (χ1) is 9.43. The van der Waals surface area contributed by atoms with Crippen LogP contribution in [0.1, 0.15) is 12.6 Å². The second kappa shape index (κ2) is 5.49. The molecule has 20 heavy (non-hydrogen) atoms. The number of anilines is 3. The molecule has 2 rings (SSSR count). The lowest BCUT2D eigenvalue weighted by Gasteiger charge is -2.14. The van der Waals surface area contributed by atoms with Crippen molar-refractivity contribution in [2.45, 2.75) is 13.3 Å². The number of aryl methyl sites for hydroxylation is 1. The topological polar surface area (TPSA) is 122 Å². The molecule has 1 heterocycles. The van der Waals surface area contributed by atoms with Crippen molar-refractivity contribution in [3.05, 3.63) is 28.9 Å². The summed E-state index contributed by atoms with van der Waals surface area (Å²) in [6.07, 6.45) is 0.603. The van der Waals surface area contributed by atoms with Crippen LogP contribution in [-0.2, 0) is 6.42 Å². The minimum atomic E-state index is -0.0498. The van der Waals surface area contributed by atoms with Crippen molar-refractivity contribution in [1.29, 1.82) is 0 Å². The summed E-state index contributed by atoms with van der Waals surface area (Å²) >= 11 is 5.87. The number of hydrogen-bond acceptors (Lipinski definition) is 7. The molecule has 0 atom stereocenters. The van der Waals surface area contributed by atoms with E-state index in [0.29, 0.717) is 23.2 Å². The minimum absolute atomic E-state index is 0.0300. The van der Waals surface area contributed by atoms with E-state index in [1.54, 1.807) is 6.07 Å². The van der Waals surface area contributed by atoms with Crippen molar-refractivity contribution < 1.29 is 10.4 Å². The number of nitrogens with zero attached hydrogens (tertiary/aromatic N) is 3. The summed E-state index contributed by atoms with van der Waals surface area (Å²) in [6, 6.07) is 4.70. The summed E-state index contributed by atoms with van der Waals surface area (Å²) in [5.41, 5.74) is 13.4. The molecule has 2 aromatic rings. The standard InChI is InChI=1S/C12H14ClN5O2/c1-2-8-10(11(14)17-12(15)16-8)6-3-4-7(13)9(5-6)18(19)20/h3-5,19-20H,2H2,1H3,(H4,14,15,16,17). The SMILES string of the molecule is CCc1nc(N)nc(N)c1-c1ccc(Cl)c(N(O)O)c1. The number of rotatable bonds is 3. The van der Waals surface area contributed by atoms with Crippen LogP contribution in [0.3, 0.4) is 0 Å². The zero-order valence-corrected chi connectivity index (χ0v) is 11.5. The normalized spacial score (nSPS) is 10.6. The van der Waals surface area contributed by atoms with E-state index in [4.69, 9.17) is 33.5 Å². The Morgan fingerprint density at radius 3 is 2.55 bits per heavy atom. The van der Waals surface area contributed by atoms with Crippen LogP contribution in [0.5, 0.6) is 0 Å². The van der Waals surface area contributed by atoms with Gasteiger partial charge in [-0.3, -0.25) is 10.4 Å². The van der Waals surface area contributed by atoms with Crippen molar-refractivity contribution >= 4 is 29.1 Å². The Kier molecular flexibility index (Phi) is 3.93. The Morgan fingerprint density at radius 1 is 1.25 bits per heavy atom. The molecule has 0 saturated carbocycles. The zero-order chi connectivity index (χ0) is 14.9. The maximum atomic E-state index is 9.14. The Morgan fingerprint density at radius 2 is 1.95 bits per heavy atom. The predicted molar refractivity (Wildman–Crippen MR) is 76.7 cm³/mol. The summed E-state index contributed by atoms with van der Waals surface area (Å²) < 4.78 is 0. The molecule has 1 aromatic heterocycles. The molecule has 0 aliphatic heterocycles. The quantitative estimate of drug-likeness (QED) is 0.640. The third-order valence-electron chi connectivity index (χ3n) is 2.81. The van der Waals surface area contributed by atoms with Crippen LogP contribution >= 0.6 is 11.6 Å². The van der Waals surface area contributed by atoms with Gasteiger partial charge in [0.2, 0.25) is 5.95 Å². The van der Waals surface area contributed by atoms with Crippen molar-refractivity contribution in [2.24, 2.45) is 0 Å². The van der Waals surface area contributed by atoms with E-state index in [-0.39, 0.29) is 27.7 Å². The van der Waals surface area contributed by atoms with E-state index in [1.165, 1.54) is 12.1 Å². The van der Waals surface area contributed by atoms with E-state index in [1.807, 2.05) is 6.92 Å². The van der Waals surface area contributed by atoms with Crippen LogP contribution in [0.25, 0.3) is 11.1 Å². The van der Waals surface area contributed by atoms with Gasteiger partial charge in [-0.25, -0.2) is 4.98 Å². The number of nitrogens with two attached hydrogens (primary N) is 2. The number of aromatic nitrogens is 2. The van der Waals surface area contributed by atoms with Gasteiger partial charge in [0.05, 0.1) is 10.7 Å². The first kappa shape index (κ1) is 14.3. The van der Waals surface area contributed by atoms with Crippen LogP contribution in [0.2, 0.25) is 5.02 Å². The lowest BCUT2D eigenvalue weighted by Crippen LogP contribution is -2.12. The smallest absolute Gasteiger partial charge is 0.222 e. The summed E-state index contributed by atoms with van der Waals surface area (Å²) in [4.78, 5) is 8.07. The highest BCUT2D eigenvalue weighted by molar-refractivity contribution is 6.33. The minimum Gasteiger partial charge on any atom is -0.383 e. The van der Waals surface area contributed by atoms with E-state index in [9.17, 15) is 0 Å². The van der Waals surface area contributed by atoms with Gasteiger partial charge in [0.15, 0.2) is 0 Å². The number of benzene rings is 1. The van der Waals surface area contributed by atoms with E-state index in [2.05, 4.69) is 9.97 Å². The van der Waals surface area contributed by atoms with Crippen molar-refractivity contribution in [1.82, 2.24) is 9.97 Å². The molecule has 0 aliphatic rings. The van der Waals surface area contributed by atoms with Gasteiger partial charge < -0.3 is 11.5 Å². The van der Waals surface area contributed by atoms with Gasteiger partial charge in [-0.2, -0.15) is 4.98 Å². The van der Waals surface area contributed by atoms with Crippen molar-refractivity contribution in [3.63, 3.8) is 0 Å². The molecule has 1 aromatic carbocycles. The lowest BCUT2D eigenvalue weighted by atomic mass is 10.0. The summed E-state index contributed by atoms with van der Waals surface area (Å²) in [5, 5.41) is 18.4. The summed E-state index contributed by atoms with van der Waals surface area (Å²) in [5.74, 6) is 0.327. The van der Waals surface area contributed by atoms with Crippen LogP contribution in [0.4, 0.5) is 17.5 Å². The fraction of sp³-hybridized carbons (Fsp3) is 0.167. The van der Waals surface area contributed by atoms with Crippen LogP contribution in [-0.4, -0.2) is 20.4 Å². The summed E-state index contributed by atoms with van der Waals surface area (Å²) in [6.45, 7) is 1.91. The molecule has 0 saturated heterocycles. The highest BCUT2D eigenvalue weighted by atomic mass is 35.5. The fourth-order valence-electron chi connectivity index (χ4n) is 1.94. The number of hydrogen-bond donors (Lipinski definition) is 4. The average molecular weight is 296 g/mol. The molecule has 0 amide bonds. The number of halogens is 1. The lowest BCUT2D eigenvalue weighted by molar-refractivity contribution is 0.0292. The van der Waals surface area contributed by atoms with Crippen molar-refractivity contribution in [2.75, 3.05) is 16.7 Å². The van der Waals surface area contributed by atoms with Crippen molar-refractivity contribution in [3.8, 4) is 11.1 Å². The second-order valence-electron chi connectivity index (χ2n) is 4.10. The molecule has 0 spiro atoms. The zero-order valence-electron chi connectivity index (χ0n) is 10.7. The van der Waals surface area contributed by atoms with Gasteiger partial charge >= 0.3 is 0 Å². The maximum Gasteiger partial charge on any atom is 0.222 e. The average Bonchev–Trinajstić information content (AvgIpc) is 2.38. The van der Waals surface area contributed by atoms with Gasteiger partial charge in [0.25, 0.3) is 0 Å². The molecule has 106 valence electrons. The first-order valence-corrected chi connectivity index (χ1v) is 6.21. The number of nitrogen functional groups attached to an aromatic ring is 2. The Labute approximate surface area is 120 Å². The molecule has 8 heteroatoms. The molecule has 0 bridgehead atoms.